The van der Waals surface area contributed by atoms with Crippen LogP contribution < -0.4 is 14.2 Å². The predicted octanol–water partition coefficient (Wildman–Crippen LogP) is 1.70. The van der Waals surface area contributed by atoms with E-state index >= 15 is 0 Å². The summed E-state index contributed by atoms with van der Waals surface area (Å²) in [7, 11) is -0.550. The molecular weight excluding hydrogens is 254 g/mol. The molecule has 18 heavy (non-hydrogen) atoms. The van der Waals surface area contributed by atoms with Gasteiger partial charge in [-0.3, -0.25) is 0 Å². The highest BCUT2D eigenvalue weighted by molar-refractivity contribution is 7.89. The summed E-state index contributed by atoms with van der Waals surface area (Å²) in [6.45, 7) is 5.26. The van der Waals surface area contributed by atoms with Crippen molar-refractivity contribution in [2.24, 2.45) is 0 Å². The Morgan fingerprint density at radius 2 is 1.61 bits per heavy atom. The minimum absolute atomic E-state index is 0.164. The van der Waals surface area contributed by atoms with Crippen LogP contribution in [-0.2, 0) is 10.0 Å². The molecule has 0 atom stereocenters. The Balaban J connectivity index is 3.34. The van der Waals surface area contributed by atoms with Crippen molar-refractivity contribution in [3.05, 3.63) is 17.7 Å². The van der Waals surface area contributed by atoms with Gasteiger partial charge in [-0.2, -0.15) is 0 Å². The van der Waals surface area contributed by atoms with Crippen LogP contribution in [0.15, 0.2) is 17.0 Å². The van der Waals surface area contributed by atoms with Crippen LogP contribution in [0.4, 0.5) is 0 Å². The number of rotatable bonds is 5. The molecule has 0 unspecified atom stereocenters. The van der Waals surface area contributed by atoms with Crippen LogP contribution in [0.1, 0.15) is 19.4 Å². The van der Waals surface area contributed by atoms with Gasteiger partial charge in [0.2, 0.25) is 10.0 Å². The summed E-state index contributed by atoms with van der Waals surface area (Å²) in [5, 5.41) is 0. The Bertz CT molecular complexity index is 523. The Kier molecular flexibility index (Phi) is 4.59. The summed E-state index contributed by atoms with van der Waals surface area (Å²) >= 11 is 0. The number of aryl methyl sites for hydroxylation is 1. The second-order valence-corrected chi connectivity index (χ2v) is 5.93. The van der Waals surface area contributed by atoms with E-state index in [4.69, 9.17) is 9.47 Å². The zero-order chi connectivity index (χ0) is 13.9. The van der Waals surface area contributed by atoms with Gasteiger partial charge in [0.25, 0.3) is 0 Å². The maximum absolute atomic E-state index is 12.1. The number of nitrogens with one attached hydrogen (secondary N) is 1. The molecule has 5 nitrogen and oxygen atoms in total. The molecule has 0 heterocycles. The van der Waals surface area contributed by atoms with E-state index in [1.54, 1.807) is 26.8 Å². The largest absolute Gasteiger partial charge is 0.493 e. The van der Waals surface area contributed by atoms with Crippen molar-refractivity contribution in [2.75, 3.05) is 14.2 Å². The van der Waals surface area contributed by atoms with Crippen LogP contribution in [0, 0.1) is 6.92 Å². The first-order valence-corrected chi connectivity index (χ1v) is 7.05. The van der Waals surface area contributed by atoms with E-state index in [1.807, 2.05) is 0 Å². The molecule has 0 saturated heterocycles. The van der Waals surface area contributed by atoms with Crippen molar-refractivity contribution in [3.8, 4) is 11.5 Å². The molecule has 0 fully saturated rings. The monoisotopic (exact) mass is 273 g/mol. The van der Waals surface area contributed by atoms with E-state index in [-0.39, 0.29) is 10.9 Å². The fraction of sp³-hybridized carbons (Fsp3) is 0.500. The van der Waals surface area contributed by atoms with E-state index < -0.39 is 10.0 Å². The topological polar surface area (TPSA) is 64.6 Å². The maximum Gasteiger partial charge on any atom is 0.241 e. The van der Waals surface area contributed by atoms with E-state index in [0.29, 0.717) is 17.1 Å². The van der Waals surface area contributed by atoms with Crippen LogP contribution in [0.25, 0.3) is 0 Å². The summed E-state index contributed by atoms with van der Waals surface area (Å²) in [4.78, 5) is 0.203. The Morgan fingerprint density at radius 1 is 1.11 bits per heavy atom. The molecule has 1 N–H and O–H groups in total. The van der Waals surface area contributed by atoms with Crippen molar-refractivity contribution in [1.82, 2.24) is 4.72 Å². The van der Waals surface area contributed by atoms with Gasteiger partial charge in [0.15, 0.2) is 11.5 Å². The third-order valence-electron chi connectivity index (χ3n) is 2.36. The molecule has 0 aromatic heterocycles. The summed E-state index contributed by atoms with van der Waals surface area (Å²) < 4.78 is 37.0. The van der Waals surface area contributed by atoms with Gasteiger partial charge in [0.1, 0.15) is 0 Å². The third kappa shape index (κ3) is 3.14. The normalized spacial score (nSPS) is 11.7. The van der Waals surface area contributed by atoms with Gasteiger partial charge < -0.3 is 9.47 Å². The number of hydrogen-bond donors (Lipinski definition) is 1. The first kappa shape index (κ1) is 14.8. The summed E-state index contributed by atoms with van der Waals surface area (Å²) in [6.07, 6.45) is 0. The molecule has 0 saturated carbocycles. The van der Waals surface area contributed by atoms with Crippen molar-refractivity contribution < 1.29 is 17.9 Å². The second kappa shape index (κ2) is 5.58. The number of ether oxygens (including phenoxy) is 2. The molecule has 6 heteroatoms. The highest BCUT2D eigenvalue weighted by Gasteiger charge is 2.20. The molecule has 0 bridgehead atoms. The van der Waals surface area contributed by atoms with E-state index in [0.717, 1.165) is 0 Å². The SMILES string of the molecule is COc1cc(C)c(S(=O)(=O)NC(C)C)cc1OC. The standard InChI is InChI=1S/C12H19NO4S/c1-8(2)13-18(14,15)12-7-11(17-5)10(16-4)6-9(12)3/h6-8,13H,1-5H3. The number of benzene rings is 1. The van der Waals surface area contributed by atoms with Gasteiger partial charge in [-0.25, -0.2) is 13.1 Å². The lowest BCUT2D eigenvalue weighted by molar-refractivity contribution is 0.353. The Hall–Kier alpha value is -1.27. The average molecular weight is 273 g/mol. The fourth-order valence-corrected chi connectivity index (χ4v) is 3.12. The van der Waals surface area contributed by atoms with Gasteiger partial charge in [-0.05, 0) is 32.4 Å². The molecule has 0 aliphatic carbocycles. The Labute approximate surface area is 108 Å². The van der Waals surface area contributed by atoms with Crippen molar-refractivity contribution in [3.63, 3.8) is 0 Å². The molecule has 0 aliphatic heterocycles. The van der Waals surface area contributed by atoms with Gasteiger partial charge in [-0.15, -0.1) is 0 Å². The summed E-state index contributed by atoms with van der Waals surface area (Å²) in [6, 6.07) is 2.95. The average Bonchev–Trinajstić information content (AvgIpc) is 2.26. The van der Waals surface area contributed by atoms with E-state index in [2.05, 4.69) is 4.72 Å². The van der Waals surface area contributed by atoms with Crippen LogP contribution in [-0.4, -0.2) is 28.7 Å². The van der Waals surface area contributed by atoms with Crippen LogP contribution in [0.2, 0.25) is 0 Å². The first-order chi connectivity index (χ1) is 8.31. The third-order valence-corrected chi connectivity index (χ3v) is 4.16. The lowest BCUT2D eigenvalue weighted by atomic mass is 10.2. The lowest BCUT2D eigenvalue weighted by Gasteiger charge is -2.15. The summed E-state index contributed by atoms with van der Waals surface area (Å²) in [5.41, 5.74) is 0.612. The van der Waals surface area contributed by atoms with E-state index in [1.165, 1.54) is 20.3 Å². The maximum atomic E-state index is 12.1. The molecule has 0 spiro atoms. The molecule has 1 aromatic rings. The minimum atomic E-state index is -3.53. The molecule has 102 valence electrons. The molecule has 1 rings (SSSR count). The molecular formula is C12H19NO4S. The van der Waals surface area contributed by atoms with Crippen molar-refractivity contribution in [1.29, 1.82) is 0 Å². The van der Waals surface area contributed by atoms with Crippen LogP contribution in [0.3, 0.4) is 0 Å². The fourth-order valence-electron chi connectivity index (χ4n) is 1.63. The Morgan fingerprint density at radius 3 is 2.06 bits per heavy atom. The first-order valence-electron chi connectivity index (χ1n) is 5.56. The number of methoxy groups -OCH3 is 2. The van der Waals surface area contributed by atoms with Crippen LogP contribution >= 0.6 is 0 Å². The van der Waals surface area contributed by atoms with Gasteiger partial charge in [0.05, 0.1) is 19.1 Å². The number of hydrogen-bond acceptors (Lipinski definition) is 4. The zero-order valence-electron chi connectivity index (χ0n) is 11.3. The van der Waals surface area contributed by atoms with Gasteiger partial charge in [0, 0.05) is 12.1 Å². The van der Waals surface area contributed by atoms with Gasteiger partial charge >= 0.3 is 0 Å². The van der Waals surface area contributed by atoms with Gasteiger partial charge in [-0.1, -0.05) is 0 Å². The molecule has 0 aliphatic rings. The number of sulfonamides is 1. The summed E-state index contributed by atoms with van der Waals surface area (Å²) in [5.74, 6) is 0.908. The van der Waals surface area contributed by atoms with E-state index in [9.17, 15) is 8.42 Å². The minimum Gasteiger partial charge on any atom is -0.493 e. The molecule has 0 amide bonds. The molecule has 1 aromatic carbocycles. The second-order valence-electron chi connectivity index (χ2n) is 4.25. The zero-order valence-corrected chi connectivity index (χ0v) is 12.1. The predicted molar refractivity (Wildman–Crippen MR) is 69.7 cm³/mol. The lowest BCUT2D eigenvalue weighted by Crippen LogP contribution is -2.30. The van der Waals surface area contributed by atoms with Crippen LogP contribution in [0.5, 0.6) is 11.5 Å². The van der Waals surface area contributed by atoms with Crippen molar-refractivity contribution in [2.45, 2.75) is 31.7 Å². The quantitative estimate of drug-likeness (QED) is 0.887. The van der Waals surface area contributed by atoms with Crippen molar-refractivity contribution >= 4 is 10.0 Å². The smallest absolute Gasteiger partial charge is 0.241 e. The highest BCUT2D eigenvalue weighted by atomic mass is 32.2. The molecule has 0 radical (unpaired) electrons. The highest BCUT2D eigenvalue weighted by Crippen LogP contribution is 2.32.